The van der Waals surface area contributed by atoms with Crippen LogP contribution in [-0.2, 0) is 0 Å². The largest absolute Gasteiger partial charge is 0.456 e. The summed E-state index contributed by atoms with van der Waals surface area (Å²) in [6.45, 7) is 0. The van der Waals surface area contributed by atoms with E-state index in [1.54, 1.807) is 0 Å². The van der Waals surface area contributed by atoms with Crippen LogP contribution < -0.4 is 4.90 Å². The summed E-state index contributed by atoms with van der Waals surface area (Å²) in [5.74, 6) is 0. The minimum atomic E-state index is 0.915. The van der Waals surface area contributed by atoms with E-state index in [1.165, 1.54) is 27.5 Å². The molecule has 0 aliphatic rings. The fourth-order valence-electron chi connectivity index (χ4n) is 5.09. The molecule has 0 bridgehead atoms. The van der Waals surface area contributed by atoms with Gasteiger partial charge >= 0.3 is 0 Å². The van der Waals surface area contributed by atoms with Crippen LogP contribution in [0.4, 0.5) is 11.4 Å². The lowest BCUT2D eigenvalue weighted by Crippen LogP contribution is -2.09. The van der Waals surface area contributed by atoms with E-state index in [2.05, 4.69) is 120 Å². The molecule has 162 valence electrons. The molecule has 0 N–H and O–H groups in total. The molecule has 2 heterocycles. The number of para-hydroxylation sites is 3. The lowest BCUT2D eigenvalue weighted by atomic mass is 10.1. The van der Waals surface area contributed by atoms with Crippen LogP contribution in [0.2, 0.25) is 0 Å². The van der Waals surface area contributed by atoms with E-state index in [-0.39, 0.29) is 0 Å². The average molecular weight is 439 g/mol. The third-order valence-electron chi connectivity index (χ3n) is 6.81. The van der Waals surface area contributed by atoms with Crippen LogP contribution in [-0.4, -0.2) is 11.6 Å². The maximum atomic E-state index is 6.03. The Balaban J connectivity index is 1.42. The molecule has 0 amide bonds. The predicted molar refractivity (Wildman–Crippen MR) is 143 cm³/mol. The predicted octanol–water partition coefficient (Wildman–Crippen LogP) is 8.45. The van der Waals surface area contributed by atoms with Crippen molar-refractivity contribution in [3.8, 4) is 5.69 Å². The monoisotopic (exact) mass is 438 g/mol. The molecule has 7 rings (SSSR count). The fourth-order valence-corrected chi connectivity index (χ4v) is 5.09. The van der Waals surface area contributed by atoms with Gasteiger partial charge in [-0.25, -0.2) is 0 Å². The third kappa shape index (κ3) is 2.77. The Hall–Kier alpha value is -4.50. The number of fused-ring (bicyclic) bond motifs is 6. The number of furan rings is 1. The van der Waals surface area contributed by atoms with Crippen LogP contribution in [0, 0.1) is 0 Å². The Morgan fingerprint density at radius 2 is 1.18 bits per heavy atom. The summed E-state index contributed by atoms with van der Waals surface area (Å²) < 4.78 is 8.38. The van der Waals surface area contributed by atoms with E-state index in [9.17, 15) is 0 Å². The van der Waals surface area contributed by atoms with Crippen molar-refractivity contribution in [2.45, 2.75) is 0 Å². The van der Waals surface area contributed by atoms with Crippen molar-refractivity contribution in [2.75, 3.05) is 11.9 Å². The number of benzene rings is 5. The quantitative estimate of drug-likeness (QED) is 0.276. The number of hydrogen-bond donors (Lipinski definition) is 0. The second-order valence-corrected chi connectivity index (χ2v) is 8.73. The van der Waals surface area contributed by atoms with Gasteiger partial charge < -0.3 is 13.9 Å². The summed E-state index contributed by atoms with van der Waals surface area (Å²) in [6, 6.07) is 40.6. The first-order valence-electron chi connectivity index (χ1n) is 11.5. The van der Waals surface area contributed by atoms with Crippen LogP contribution in [0.5, 0.6) is 0 Å². The molecule has 0 saturated carbocycles. The molecule has 0 fully saturated rings. The molecule has 0 spiro atoms. The number of hydrogen-bond acceptors (Lipinski definition) is 2. The molecule has 0 atom stereocenters. The zero-order chi connectivity index (χ0) is 22.6. The van der Waals surface area contributed by atoms with Gasteiger partial charge in [0, 0.05) is 45.7 Å². The van der Waals surface area contributed by atoms with Gasteiger partial charge in [-0.05, 0) is 54.6 Å². The maximum absolute atomic E-state index is 6.03. The van der Waals surface area contributed by atoms with Gasteiger partial charge in [0.2, 0.25) is 0 Å². The first-order chi connectivity index (χ1) is 16.8. The molecule has 3 nitrogen and oxygen atoms in total. The minimum Gasteiger partial charge on any atom is -0.456 e. The van der Waals surface area contributed by atoms with Crippen LogP contribution >= 0.6 is 0 Å². The highest BCUT2D eigenvalue weighted by molar-refractivity contribution is 6.10. The van der Waals surface area contributed by atoms with Crippen molar-refractivity contribution in [1.29, 1.82) is 0 Å². The van der Waals surface area contributed by atoms with Crippen molar-refractivity contribution in [2.24, 2.45) is 0 Å². The summed E-state index contributed by atoms with van der Waals surface area (Å²) in [6.07, 6.45) is 0. The van der Waals surface area contributed by atoms with E-state index in [1.807, 2.05) is 12.1 Å². The summed E-state index contributed by atoms with van der Waals surface area (Å²) in [5.41, 5.74) is 7.69. The Morgan fingerprint density at radius 3 is 2.06 bits per heavy atom. The van der Waals surface area contributed by atoms with Crippen LogP contribution in [0.15, 0.2) is 120 Å². The highest BCUT2D eigenvalue weighted by atomic mass is 16.3. The molecule has 0 aliphatic carbocycles. The lowest BCUT2D eigenvalue weighted by molar-refractivity contribution is 0.669. The first-order valence-corrected chi connectivity index (χ1v) is 11.5. The topological polar surface area (TPSA) is 21.3 Å². The fraction of sp³-hybridized carbons (Fsp3) is 0.0323. The standard InChI is InChI=1S/C31H22N2O/c1-32(22-16-18-31-27(19-22)26-12-6-8-14-30(26)34-31)23-15-17-25-24-11-5-7-13-28(24)33(29(25)20-23)21-9-3-2-4-10-21/h2-20H,1H3. The van der Waals surface area contributed by atoms with Crippen LogP contribution in [0.1, 0.15) is 0 Å². The van der Waals surface area contributed by atoms with Gasteiger partial charge in [0.15, 0.2) is 0 Å². The summed E-state index contributed by atoms with van der Waals surface area (Å²) >= 11 is 0. The molecule has 3 heteroatoms. The van der Waals surface area contributed by atoms with Crippen molar-refractivity contribution in [1.82, 2.24) is 4.57 Å². The summed E-state index contributed by atoms with van der Waals surface area (Å²) in [4.78, 5) is 2.24. The zero-order valence-corrected chi connectivity index (χ0v) is 18.8. The zero-order valence-electron chi connectivity index (χ0n) is 18.8. The number of anilines is 2. The number of aromatic nitrogens is 1. The molecule has 5 aromatic carbocycles. The van der Waals surface area contributed by atoms with Gasteiger partial charge in [-0.1, -0.05) is 60.7 Å². The third-order valence-corrected chi connectivity index (χ3v) is 6.81. The second-order valence-electron chi connectivity index (χ2n) is 8.73. The van der Waals surface area contributed by atoms with Gasteiger partial charge in [0.25, 0.3) is 0 Å². The molecule has 0 aliphatic heterocycles. The molecule has 2 aromatic heterocycles. The van der Waals surface area contributed by atoms with Gasteiger partial charge in [-0.15, -0.1) is 0 Å². The van der Waals surface area contributed by atoms with E-state index < -0.39 is 0 Å². The molecular weight excluding hydrogens is 416 g/mol. The number of rotatable bonds is 3. The molecule has 0 saturated heterocycles. The molecular formula is C31H22N2O. The maximum Gasteiger partial charge on any atom is 0.135 e. The van der Waals surface area contributed by atoms with E-state index >= 15 is 0 Å². The SMILES string of the molecule is CN(c1ccc2oc3ccccc3c2c1)c1ccc2c3ccccc3n(-c3ccccc3)c2c1. The van der Waals surface area contributed by atoms with E-state index in [0.29, 0.717) is 0 Å². The Labute approximate surface area is 197 Å². The Bertz CT molecular complexity index is 1830. The first kappa shape index (κ1) is 19.0. The van der Waals surface area contributed by atoms with E-state index in [4.69, 9.17) is 4.42 Å². The van der Waals surface area contributed by atoms with Crippen molar-refractivity contribution in [3.05, 3.63) is 115 Å². The average Bonchev–Trinajstić information content (AvgIpc) is 3.43. The minimum absolute atomic E-state index is 0.915. The van der Waals surface area contributed by atoms with Gasteiger partial charge in [0.05, 0.1) is 11.0 Å². The Morgan fingerprint density at radius 1 is 0.529 bits per heavy atom. The molecule has 7 aromatic rings. The molecule has 0 radical (unpaired) electrons. The van der Waals surface area contributed by atoms with Gasteiger partial charge in [-0.3, -0.25) is 0 Å². The smallest absolute Gasteiger partial charge is 0.135 e. The van der Waals surface area contributed by atoms with Crippen molar-refractivity contribution in [3.63, 3.8) is 0 Å². The van der Waals surface area contributed by atoms with Crippen molar-refractivity contribution < 1.29 is 4.42 Å². The lowest BCUT2D eigenvalue weighted by Gasteiger charge is -2.20. The summed E-state index contributed by atoms with van der Waals surface area (Å²) in [7, 11) is 2.13. The van der Waals surface area contributed by atoms with Gasteiger partial charge in [0.1, 0.15) is 11.2 Å². The van der Waals surface area contributed by atoms with Crippen LogP contribution in [0.3, 0.4) is 0 Å². The second kappa shape index (κ2) is 7.26. The highest BCUT2D eigenvalue weighted by Crippen LogP contribution is 2.37. The molecule has 0 unspecified atom stereocenters. The van der Waals surface area contributed by atoms with E-state index in [0.717, 1.165) is 33.3 Å². The Kier molecular flexibility index (Phi) is 4.06. The summed E-state index contributed by atoms with van der Waals surface area (Å²) in [5, 5.41) is 4.81. The highest BCUT2D eigenvalue weighted by Gasteiger charge is 2.15. The van der Waals surface area contributed by atoms with Gasteiger partial charge in [-0.2, -0.15) is 0 Å². The number of nitrogens with zero attached hydrogens (tertiary/aromatic N) is 2. The normalized spacial score (nSPS) is 11.7. The molecule has 34 heavy (non-hydrogen) atoms. The van der Waals surface area contributed by atoms with Crippen molar-refractivity contribution >= 4 is 55.1 Å². The van der Waals surface area contributed by atoms with Crippen LogP contribution in [0.25, 0.3) is 49.4 Å².